The Labute approximate surface area is 152 Å². The molecule has 0 fully saturated rings. The van der Waals surface area contributed by atoms with Crippen LogP contribution in [0.2, 0.25) is 0 Å². The summed E-state index contributed by atoms with van der Waals surface area (Å²) in [7, 11) is 0. The summed E-state index contributed by atoms with van der Waals surface area (Å²) in [5.74, 6) is 0.257. The normalized spacial score (nSPS) is 10.6. The molecule has 0 spiro atoms. The van der Waals surface area contributed by atoms with Crippen molar-refractivity contribution in [1.29, 1.82) is 0 Å². The number of nitrogens with one attached hydrogen (secondary N) is 1. The molecule has 4 rings (SSSR count). The number of thiophene rings is 1. The molecule has 0 bridgehead atoms. The van der Waals surface area contributed by atoms with Crippen molar-refractivity contribution >= 4 is 34.4 Å². The Kier molecular flexibility index (Phi) is 4.37. The van der Waals surface area contributed by atoms with E-state index in [1.165, 1.54) is 11.3 Å². The average molecular weight is 363 g/mol. The molecule has 1 aromatic carbocycles. The minimum absolute atomic E-state index is 0.252. The Morgan fingerprint density at radius 1 is 0.920 bits per heavy atom. The molecule has 1 amide bonds. The highest BCUT2D eigenvalue weighted by Gasteiger charge is 2.13. The minimum atomic E-state index is -0.252. The van der Waals surface area contributed by atoms with E-state index >= 15 is 0 Å². The highest BCUT2D eigenvalue weighted by Crippen LogP contribution is 2.26. The lowest BCUT2D eigenvalue weighted by Crippen LogP contribution is -2.13. The van der Waals surface area contributed by atoms with Crippen LogP contribution < -0.4 is 5.32 Å². The number of carbonyl (C=O) groups excluding carboxylic acids is 1. The average Bonchev–Trinajstić information content (AvgIpc) is 3.35. The Balaban J connectivity index is 1.48. The molecule has 25 heavy (non-hydrogen) atoms. The van der Waals surface area contributed by atoms with E-state index in [4.69, 9.17) is 0 Å². The topological polar surface area (TPSA) is 54.9 Å². The Bertz CT molecular complexity index is 977. The SMILES string of the molecule is O=C(Nc1ccc(-c2ccccc2)cn1)c1csc(-c2ccsc2)n1. The molecule has 0 saturated heterocycles. The van der Waals surface area contributed by atoms with Gasteiger partial charge in [-0.05, 0) is 29.1 Å². The molecular formula is C19H13N3OS2. The van der Waals surface area contributed by atoms with Gasteiger partial charge in [-0.2, -0.15) is 11.3 Å². The maximum absolute atomic E-state index is 12.3. The number of pyridine rings is 1. The predicted molar refractivity (Wildman–Crippen MR) is 103 cm³/mol. The van der Waals surface area contributed by atoms with Gasteiger partial charge in [-0.15, -0.1) is 11.3 Å². The summed E-state index contributed by atoms with van der Waals surface area (Å²) in [6.07, 6.45) is 1.75. The summed E-state index contributed by atoms with van der Waals surface area (Å²) in [5, 5.41) is 9.42. The fraction of sp³-hybridized carbons (Fsp3) is 0. The van der Waals surface area contributed by atoms with Crippen molar-refractivity contribution in [2.75, 3.05) is 5.32 Å². The quantitative estimate of drug-likeness (QED) is 0.543. The molecule has 1 N–H and O–H groups in total. The molecule has 0 saturated carbocycles. The molecule has 0 radical (unpaired) electrons. The molecule has 0 aliphatic carbocycles. The highest BCUT2D eigenvalue weighted by atomic mass is 32.1. The molecule has 122 valence electrons. The van der Waals surface area contributed by atoms with E-state index < -0.39 is 0 Å². The van der Waals surface area contributed by atoms with Gasteiger partial charge in [0.1, 0.15) is 16.5 Å². The molecule has 0 aliphatic heterocycles. The molecule has 0 unspecified atom stereocenters. The van der Waals surface area contributed by atoms with Gasteiger partial charge in [0.25, 0.3) is 5.91 Å². The van der Waals surface area contributed by atoms with Crippen LogP contribution in [0.4, 0.5) is 5.82 Å². The van der Waals surface area contributed by atoms with E-state index in [0.29, 0.717) is 11.5 Å². The molecule has 6 heteroatoms. The van der Waals surface area contributed by atoms with Crippen LogP contribution in [0.15, 0.2) is 70.9 Å². The lowest BCUT2D eigenvalue weighted by atomic mass is 10.1. The molecule has 4 nitrogen and oxygen atoms in total. The molecule has 4 aromatic rings. The van der Waals surface area contributed by atoms with Gasteiger partial charge in [0, 0.05) is 28.1 Å². The van der Waals surface area contributed by atoms with Crippen LogP contribution >= 0.6 is 22.7 Å². The van der Waals surface area contributed by atoms with Crippen molar-refractivity contribution in [1.82, 2.24) is 9.97 Å². The van der Waals surface area contributed by atoms with Crippen molar-refractivity contribution in [3.8, 4) is 21.7 Å². The third-order valence-electron chi connectivity index (χ3n) is 3.62. The number of anilines is 1. The van der Waals surface area contributed by atoms with Gasteiger partial charge >= 0.3 is 0 Å². The number of nitrogens with zero attached hydrogens (tertiary/aromatic N) is 2. The number of thiazole rings is 1. The third-order valence-corrected chi connectivity index (χ3v) is 5.19. The number of rotatable bonds is 4. The Morgan fingerprint density at radius 3 is 2.52 bits per heavy atom. The van der Waals surface area contributed by atoms with Crippen LogP contribution in [-0.2, 0) is 0 Å². The second kappa shape index (κ2) is 6.96. The standard InChI is InChI=1S/C19H13N3OS2/c23-18(16-12-25-19(21-16)15-8-9-24-11-15)22-17-7-6-14(10-20-17)13-4-2-1-3-5-13/h1-12H,(H,20,22,23). The van der Waals surface area contributed by atoms with Gasteiger partial charge in [-0.3, -0.25) is 4.79 Å². The van der Waals surface area contributed by atoms with E-state index in [1.807, 2.05) is 53.2 Å². The summed E-state index contributed by atoms with van der Waals surface area (Å²) in [4.78, 5) is 21.1. The summed E-state index contributed by atoms with van der Waals surface area (Å²) >= 11 is 3.07. The molecule has 3 heterocycles. The number of amides is 1. The van der Waals surface area contributed by atoms with Crippen LogP contribution in [0.3, 0.4) is 0 Å². The number of aromatic nitrogens is 2. The van der Waals surface area contributed by atoms with E-state index in [1.54, 1.807) is 29.0 Å². The lowest BCUT2D eigenvalue weighted by Gasteiger charge is -2.04. The van der Waals surface area contributed by atoms with Crippen LogP contribution in [0.5, 0.6) is 0 Å². The van der Waals surface area contributed by atoms with Crippen molar-refractivity contribution < 1.29 is 4.79 Å². The van der Waals surface area contributed by atoms with Gasteiger partial charge in [0.05, 0.1) is 0 Å². The van der Waals surface area contributed by atoms with Gasteiger partial charge < -0.3 is 5.32 Å². The zero-order valence-electron chi connectivity index (χ0n) is 13.0. The number of hydrogen-bond acceptors (Lipinski definition) is 5. The van der Waals surface area contributed by atoms with Crippen molar-refractivity contribution in [2.24, 2.45) is 0 Å². The summed E-state index contributed by atoms with van der Waals surface area (Å²) in [6, 6.07) is 15.7. The van der Waals surface area contributed by atoms with E-state index in [9.17, 15) is 4.79 Å². The number of carbonyl (C=O) groups is 1. The van der Waals surface area contributed by atoms with Crippen LogP contribution in [0.1, 0.15) is 10.5 Å². The summed E-state index contributed by atoms with van der Waals surface area (Å²) < 4.78 is 0. The molecule has 3 aromatic heterocycles. The monoisotopic (exact) mass is 363 g/mol. The van der Waals surface area contributed by atoms with Crippen molar-refractivity contribution in [2.45, 2.75) is 0 Å². The van der Waals surface area contributed by atoms with Gasteiger partial charge in [0.2, 0.25) is 0 Å². The van der Waals surface area contributed by atoms with E-state index in [2.05, 4.69) is 15.3 Å². The maximum atomic E-state index is 12.3. The van der Waals surface area contributed by atoms with E-state index in [0.717, 1.165) is 21.7 Å². The predicted octanol–water partition coefficient (Wildman–Crippen LogP) is 5.19. The molecular weight excluding hydrogens is 350 g/mol. The zero-order valence-corrected chi connectivity index (χ0v) is 14.7. The van der Waals surface area contributed by atoms with E-state index in [-0.39, 0.29) is 5.91 Å². The third kappa shape index (κ3) is 3.50. The molecule has 0 aliphatic rings. The first-order chi connectivity index (χ1) is 12.3. The largest absolute Gasteiger partial charge is 0.305 e. The zero-order chi connectivity index (χ0) is 17.1. The Morgan fingerprint density at radius 2 is 1.80 bits per heavy atom. The minimum Gasteiger partial charge on any atom is -0.305 e. The number of benzene rings is 1. The lowest BCUT2D eigenvalue weighted by molar-refractivity contribution is 0.102. The summed E-state index contributed by atoms with van der Waals surface area (Å²) in [5.41, 5.74) is 3.54. The smallest absolute Gasteiger partial charge is 0.276 e. The van der Waals surface area contributed by atoms with Crippen LogP contribution in [0.25, 0.3) is 21.7 Å². The van der Waals surface area contributed by atoms with Gasteiger partial charge in [0.15, 0.2) is 0 Å². The van der Waals surface area contributed by atoms with Gasteiger partial charge in [-0.1, -0.05) is 30.3 Å². The fourth-order valence-corrected chi connectivity index (χ4v) is 3.86. The molecule has 0 atom stereocenters. The first-order valence-electron chi connectivity index (χ1n) is 7.60. The Hall–Kier alpha value is -2.83. The van der Waals surface area contributed by atoms with Crippen LogP contribution in [0, 0.1) is 0 Å². The van der Waals surface area contributed by atoms with Crippen molar-refractivity contribution in [3.05, 3.63) is 76.6 Å². The summed E-state index contributed by atoms with van der Waals surface area (Å²) in [6.45, 7) is 0. The maximum Gasteiger partial charge on any atom is 0.276 e. The highest BCUT2D eigenvalue weighted by molar-refractivity contribution is 7.14. The van der Waals surface area contributed by atoms with Crippen molar-refractivity contribution in [3.63, 3.8) is 0 Å². The number of hydrogen-bond donors (Lipinski definition) is 1. The fourth-order valence-electron chi connectivity index (χ4n) is 2.35. The second-order valence-corrected chi connectivity index (χ2v) is 6.94. The first kappa shape index (κ1) is 15.7. The van der Waals surface area contributed by atoms with Gasteiger partial charge in [-0.25, -0.2) is 9.97 Å². The first-order valence-corrected chi connectivity index (χ1v) is 9.43. The second-order valence-electron chi connectivity index (χ2n) is 5.30. The van der Waals surface area contributed by atoms with Crippen LogP contribution in [-0.4, -0.2) is 15.9 Å².